The Morgan fingerprint density at radius 1 is 0.979 bits per heavy atom. The Kier molecular flexibility index (Phi) is 10.4. The van der Waals surface area contributed by atoms with Crippen molar-refractivity contribution in [3.05, 3.63) is 82.7 Å². The van der Waals surface area contributed by atoms with Gasteiger partial charge < -0.3 is 9.84 Å². The van der Waals surface area contributed by atoms with Gasteiger partial charge in [0, 0.05) is 17.9 Å². The number of rotatable bonds is 14. The van der Waals surface area contributed by atoms with Crippen molar-refractivity contribution in [2.45, 2.75) is 42.9 Å². The quantitative estimate of drug-likeness (QED) is 0.0396. The SMILES string of the molecule is Cc1ccc(OCCCCNS(=O)(=O)c2cccc(-c3nnc4c(SCCC(=O)O)c(-c5c(F)c(F)c(F)c(F)c5F)[nH]n34)c2)c(C)c1. The molecule has 17 heteroatoms. The molecule has 0 unspecified atom stereocenters. The molecule has 0 saturated heterocycles. The number of fused-ring (bicyclic) bond motifs is 1. The fraction of sp³-hybridized carbons (Fsp3) is 0.258. The van der Waals surface area contributed by atoms with Gasteiger partial charge in [0.05, 0.1) is 34.1 Å². The van der Waals surface area contributed by atoms with E-state index in [1.54, 1.807) is 0 Å². The Bertz CT molecular complexity index is 2090. The molecular formula is C31H28F5N5O5S2. The van der Waals surface area contributed by atoms with Gasteiger partial charge in [0.15, 0.2) is 34.7 Å². The Labute approximate surface area is 275 Å². The summed E-state index contributed by atoms with van der Waals surface area (Å²) < 4.78 is 107. The van der Waals surface area contributed by atoms with Crippen LogP contribution in [-0.4, -0.2) is 58.2 Å². The molecule has 254 valence electrons. The summed E-state index contributed by atoms with van der Waals surface area (Å²) in [6, 6.07) is 11.4. The monoisotopic (exact) mass is 709 g/mol. The van der Waals surface area contributed by atoms with Crippen LogP contribution >= 0.6 is 11.8 Å². The average molecular weight is 710 g/mol. The number of sulfonamides is 1. The topological polar surface area (TPSA) is 139 Å². The first-order valence-electron chi connectivity index (χ1n) is 14.4. The van der Waals surface area contributed by atoms with E-state index in [1.807, 2.05) is 32.0 Å². The molecule has 10 nitrogen and oxygen atoms in total. The summed E-state index contributed by atoms with van der Waals surface area (Å²) in [5, 5.41) is 19.6. The van der Waals surface area contributed by atoms with Crippen molar-refractivity contribution in [3.8, 4) is 28.4 Å². The number of nitrogens with zero attached hydrogens (tertiary/aromatic N) is 3. The van der Waals surface area contributed by atoms with Gasteiger partial charge in [0.2, 0.25) is 15.8 Å². The number of aliphatic carboxylic acids is 1. The zero-order valence-electron chi connectivity index (χ0n) is 25.4. The number of nitrogens with one attached hydrogen (secondary N) is 2. The second kappa shape index (κ2) is 14.3. The lowest BCUT2D eigenvalue weighted by Gasteiger charge is -2.10. The first-order chi connectivity index (χ1) is 22.8. The van der Waals surface area contributed by atoms with Crippen LogP contribution in [0.25, 0.3) is 28.3 Å². The van der Waals surface area contributed by atoms with Crippen molar-refractivity contribution in [1.29, 1.82) is 0 Å². The number of hydrogen-bond acceptors (Lipinski definition) is 7. The fourth-order valence-corrected chi connectivity index (χ4v) is 6.99. The lowest BCUT2D eigenvalue weighted by molar-refractivity contribution is -0.136. The van der Waals surface area contributed by atoms with Gasteiger partial charge in [-0.25, -0.2) is 39.6 Å². The Hall–Kier alpha value is -4.48. The van der Waals surface area contributed by atoms with Gasteiger partial charge in [-0.3, -0.25) is 9.89 Å². The van der Waals surface area contributed by atoms with E-state index < -0.39 is 62.8 Å². The summed E-state index contributed by atoms with van der Waals surface area (Å²) in [6.07, 6.45) is 0.671. The van der Waals surface area contributed by atoms with Crippen LogP contribution in [0.4, 0.5) is 22.0 Å². The molecule has 0 aliphatic carbocycles. The van der Waals surface area contributed by atoms with Crippen molar-refractivity contribution in [1.82, 2.24) is 24.5 Å². The molecule has 0 saturated carbocycles. The molecule has 0 aliphatic heterocycles. The highest BCUT2D eigenvalue weighted by molar-refractivity contribution is 7.99. The highest BCUT2D eigenvalue weighted by Gasteiger charge is 2.31. The minimum absolute atomic E-state index is 0.0548. The lowest BCUT2D eigenvalue weighted by Crippen LogP contribution is -2.25. The third-order valence-corrected chi connectivity index (χ3v) is 9.73. The highest BCUT2D eigenvalue weighted by atomic mass is 32.2. The average Bonchev–Trinajstić information content (AvgIpc) is 3.61. The van der Waals surface area contributed by atoms with E-state index >= 15 is 0 Å². The van der Waals surface area contributed by atoms with Crippen molar-refractivity contribution in [2.24, 2.45) is 0 Å². The van der Waals surface area contributed by atoms with E-state index in [9.17, 15) is 35.2 Å². The first kappa shape index (κ1) is 34.8. The summed E-state index contributed by atoms with van der Waals surface area (Å²) in [6.45, 7) is 4.44. The molecular weight excluding hydrogens is 681 g/mol. The van der Waals surface area contributed by atoms with Crippen LogP contribution in [0.1, 0.15) is 30.4 Å². The predicted octanol–water partition coefficient (Wildman–Crippen LogP) is 6.41. The number of halogens is 5. The van der Waals surface area contributed by atoms with Gasteiger partial charge >= 0.3 is 5.97 Å². The summed E-state index contributed by atoms with van der Waals surface area (Å²) in [5.74, 6) is -11.5. The van der Waals surface area contributed by atoms with Crippen molar-refractivity contribution in [3.63, 3.8) is 0 Å². The first-order valence-corrected chi connectivity index (χ1v) is 16.9. The van der Waals surface area contributed by atoms with Gasteiger partial charge in [-0.2, -0.15) is 0 Å². The molecule has 48 heavy (non-hydrogen) atoms. The third kappa shape index (κ3) is 7.17. The van der Waals surface area contributed by atoms with E-state index in [0.717, 1.165) is 33.2 Å². The van der Waals surface area contributed by atoms with Gasteiger partial charge in [0.1, 0.15) is 5.75 Å². The summed E-state index contributed by atoms with van der Waals surface area (Å²) in [7, 11) is -4.01. The van der Waals surface area contributed by atoms with Crippen LogP contribution in [0.5, 0.6) is 5.75 Å². The van der Waals surface area contributed by atoms with Gasteiger partial charge in [-0.05, 0) is 50.5 Å². The van der Waals surface area contributed by atoms with E-state index in [1.165, 1.54) is 24.3 Å². The number of aryl methyl sites for hydroxylation is 2. The van der Waals surface area contributed by atoms with Gasteiger partial charge in [0.25, 0.3) is 0 Å². The smallest absolute Gasteiger partial charge is 0.304 e. The molecule has 0 radical (unpaired) electrons. The van der Waals surface area contributed by atoms with Crippen LogP contribution in [0.2, 0.25) is 0 Å². The number of H-pyrrole nitrogens is 1. The number of aromatic amines is 1. The molecule has 0 atom stereocenters. The van der Waals surface area contributed by atoms with Crippen LogP contribution in [-0.2, 0) is 14.8 Å². The molecule has 3 aromatic carbocycles. The largest absolute Gasteiger partial charge is 0.493 e. The maximum atomic E-state index is 14.9. The Morgan fingerprint density at radius 3 is 2.38 bits per heavy atom. The second-order valence-corrected chi connectivity index (χ2v) is 13.6. The van der Waals surface area contributed by atoms with Crippen LogP contribution in [0, 0.1) is 42.9 Å². The van der Waals surface area contributed by atoms with Crippen molar-refractivity contribution < 1.29 is 45.0 Å². The molecule has 0 bridgehead atoms. The standard InChI is InChI=1S/C31H28F5N5O5S2/c1-16-8-9-20(17(2)14-16)46-12-4-3-11-37-48(44,45)19-7-5-6-18(15-19)30-38-39-31-29(47-13-10-21(42)43)28(40-41(30)31)22-23(32)25(34)27(36)26(35)24(22)33/h5-9,14-15,37,40H,3-4,10-13H2,1-2H3,(H,42,43). The highest BCUT2D eigenvalue weighted by Crippen LogP contribution is 2.40. The zero-order valence-corrected chi connectivity index (χ0v) is 27.0. The molecule has 0 spiro atoms. The number of aromatic nitrogens is 4. The Morgan fingerprint density at radius 2 is 1.69 bits per heavy atom. The number of ether oxygens (including phenoxy) is 1. The van der Waals surface area contributed by atoms with Crippen molar-refractivity contribution >= 4 is 33.4 Å². The van der Waals surface area contributed by atoms with E-state index in [2.05, 4.69) is 20.0 Å². The number of carboxylic acids is 1. The fourth-order valence-electron chi connectivity index (χ4n) is 4.83. The van der Waals surface area contributed by atoms with E-state index in [4.69, 9.17) is 9.84 Å². The summed E-state index contributed by atoms with van der Waals surface area (Å²) >= 11 is 0.748. The number of benzene rings is 3. The summed E-state index contributed by atoms with van der Waals surface area (Å²) in [5.41, 5.74) is 0.345. The minimum Gasteiger partial charge on any atom is -0.493 e. The number of thioether (sulfide) groups is 1. The van der Waals surface area contributed by atoms with Crippen LogP contribution in [0.15, 0.2) is 52.3 Å². The van der Waals surface area contributed by atoms with Crippen LogP contribution in [0.3, 0.4) is 0 Å². The number of hydrogen-bond donors (Lipinski definition) is 3. The predicted molar refractivity (Wildman–Crippen MR) is 167 cm³/mol. The number of carbonyl (C=O) groups is 1. The second-order valence-electron chi connectivity index (χ2n) is 10.7. The molecule has 5 rings (SSSR count). The van der Waals surface area contributed by atoms with Gasteiger partial charge in [-0.1, -0.05) is 29.8 Å². The molecule has 0 amide bonds. The third-order valence-electron chi connectivity index (χ3n) is 7.19. The molecule has 0 fully saturated rings. The number of unbranched alkanes of at least 4 members (excludes halogenated alkanes) is 1. The maximum absolute atomic E-state index is 14.9. The Balaban J connectivity index is 1.39. The molecule has 2 heterocycles. The molecule has 0 aliphatic rings. The summed E-state index contributed by atoms with van der Waals surface area (Å²) in [4.78, 5) is 10.8. The molecule has 2 aromatic heterocycles. The van der Waals surface area contributed by atoms with Crippen molar-refractivity contribution in [2.75, 3.05) is 18.9 Å². The number of carboxylic acid groups (broad SMARTS) is 1. The normalized spacial score (nSPS) is 11.8. The molecule has 5 aromatic rings. The van der Waals surface area contributed by atoms with E-state index in [-0.39, 0.29) is 39.1 Å². The zero-order chi connectivity index (χ0) is 34.7. The van der Waals surface area contributed by atoms with Gasteiger partial charge in [-0.15, -0.1) is 22.0 Å². The molecule has 3 N–H and O–H groups in total. The lowest BCUT2D eigenvalue weighted by atomic mass is 10.1. The minimum atomic E-state index is -4.01. The van der Waals surface area contributed by atoms with E-state index in [0.29, 0.717) is 19.4 Å². The van der Waals surface area contributed by atoms with Crippen LogP contribution < -0.4 is 9.46 Å². The maximum Gasteiger partial charge on any atom is 0.304 e.